The summed E-state index contributed by atoms with van der Waals surface area (Å²) in [7, 11) is 20.3. The van der Waals surface area contributed by atoms with Gasteiger partial charge in [0.05, 0.1) is 6.67 Å². The van der Waals surface area contributed by atoms with Gasteiger partial charge in [0.25, 0.3) is 16.7 Å². The number of hydrogen-bond acceptors (Lipinski definition) is 13. The minimum atomic E-state index is -0.311. The zero-order chi connectivity index (χ0) is 80.4. The molecule has 3 aromatic heterocycles. The molecule has 3 aliphatic heterocycles. The summed E-state index contributed by atoms with van der Waals surface area (Å²) < 4.78 is 15.9. The zero-order valence-electron chi connectivity index (χ0n) is 73.3. The average Bonchev–Trinajstić information content (AvgIpc) is 1.53. The van der Waals surface area contributed by atoms with Crippen molar-refractivity contribution in [1.82, 2.24) is 27.4 Å². The zero-order valence-corrected chi connectivity index (χ0v) is 79.2. The first-order valence-corrected chi connectivity index (χ1v) is 40.5. The Morgan fingerprint density at radius 2 is 0.586 bits per heavy atom. The van der Waals surface area contributed by atoms with Crippen molar-refractivity contribution < 1.29 is 91.4 Å². The maximum absolute atomic E-state index is 11.9. The first kappa shape index (κ1) is 122. The van der Waals surface area contributed by atoms with Crippen LogP contribution in [0.1, 0.15) is 239 Å². The Hall–Kier alpha value is -2.66. The number of allylic oxidation sites excluding steroid dienone is 1. The van der Waals surface area contributed by atoms with E-state index in [9.17, 15) is 28.8 Å². The predicted molar refractivity (Wildman–Crippen MR) is 486 cm³/mol. The molecule has 9 aliphatic rings. The Labute approximate surface area is 770 Å². The number of fused-ring (bicyclic) bond motifs is 6. The molecule has 12 rings (SSSR count). The number of anilines is 6. The van der Waals surface area contributed by atoms with E-state index in [-0.39, 0.29) is 160 Å². The molecule has 3 radical (unpaired) electrons. The van der Waals surface area contributed by atoms with Gasteiger partial charge in [-0.1, -0.05) is 238 Å². The summed E-state index contributed by atoms with van der Waals surface area (Å²) in [5.74, 6) is 25.4. The number of hydrogen-bond donors (Lipinski definition) is 0. The summed E-state index contributed by atoms with van der Waals surface area (Å²) in [4.78, 5) is 81.3. The van der Waals surface area contributed by atoms with E-state index in [0.717, 1.165) is 168 Å². The molecule has 6 fully saturated rings. The van der Waals surface area contributed by atoms with Gasteiger partial charge in [0.2, 0.25) is 0 Å². The fourth-order valence-electron chi connectivity index (χ4n) is 26.1. The van der Waals surface area contributed by atoms with Crippen molar-refractivity contribution in [3.8, 4) is 0 Å². The molecule has 2 unspecified atom stereocenters. The van der Waals surface area contributed by atoms with E-state index in [2.05, 4.69) is 180 Å². The van der Waals surface area contributed by atoms with Crippen LogP contribution in [0.3, 0.4) is 0 Å². The van der Waals surface area contributed by atoms with Crippen LogP contribution in [-0.4, -0.2) is 76.4 Å². The Balaban J connectivity index is -0.000000443. The fraction of sp³-hybridized carbons (Fsp3) is 0.828. The van der Waals surface area contributed by atoms with Gasteiger partial charge in [-0.25, -0.2) is 14.4 Å². The molecule has 0 aromatic carbocycles. The van der Waals surface area contributed by atoms with E-state index >= 15 is 0 Å². The Morgan fingerprint density at radius 3 is 0.853 bits per heavy atom. The summed E-state index contributed by atoms with van der Waals surface area (Å²) in [6.07, 6.45) is 1.52. The molecule has 6 aliphatic carbocycles. The van der Waals surface area contributed by atoms with Gasteiger partial charge in [0.1, 0.15) is 34.5 Å². The maximum atomic E-state index is 11.9. The average molecular weight is 2010 g/mol. The molecule has 27 atom stereocenters. The molecule has 19 nitrogen and oxygen atoms in total. The Kier molecular flexibility index (Phi) is 47.6. The van der Waals surface area contributed by atoms with Crippen LogP contribution >= 0.6 is 0 Å². The molecule has 0 saturated heterocycles. The van der Waals surface area contributed by atoms with E-state index in [1.807, 2.05) is 23.9 Å². The van der Waals surface area contributed by atoms with Crippen molar-refractivity contribution in [2.24, 2.45) is 218 Å². The van der Waals surface area contributed by atoms with Gasteiger partial charge in [-0.3, -0.25) is 41.8 Å². The molecule has 0 N–H and O–H groups in total. The predicted octanol–water partition coefficient (Wildman–Crippen LogP) is 19.2. The Bertz CT molecular complexity index is 3670. The summed E-state index contributed by atoms with van der Waals surface area (Å²) in [6.45, 7) is 72.6. The first-order valence-electron chi connectivity index (χ1n) is 39.9. The van der Waals surface area contributed by atoms with E-state index < -0.39 is 0 Å². The second kappa shape index (κ2) is 45.3. The molecule has 23 heteroatoms. The van der Waals surface area contributed by atoms with Gasteiger partial charge in [-0.15, -0.1) is 0 Å². The molecule has 0 amide bonds. The molecular weight excluding hydrogens is 1830 g/mol. The molecule has 6 heterocycles. The summed E-state index contributed by atoms with van der Waals surface area (Å²) in [5.41, 5.74) is 2.46. The van der Waals surface area contributed by atoms with Crippen LogP contribution < -0.4 is 63.1 Å². The van der Waals surface area contributed by atoms with Crippen molar-refractivity contribution in [3.05, 3.63) is 88.0 Å². The van der Waals surface area contributed by atoms with Crippen LogP contribution in [-0.2, 0) is 134 Å². The first-order chi connectivity index (χ1) is 48.2. The van der Waals surface area contributed by atoms with Crippen LogP contribution in [0.25, 0.3) is 0 Å². The molecule has 0 spiro atoms. The minimum absolute atomic E-state index is 0. The third-order valence-electron chi connectivity index (χ3n) is 30.7. The summed E-state index contributed by atoms with van der Waals surface area (Å²) >= 11 is 1.70. The Morgan fingerprint density at radius 1 is 0.328 bits per heavy atom. The number of aromatic nitrogens is 6. The van der Waals surface area contributed by atoms with E-state index in [1.54, 1.807) is 103 Å². The standard InChI is InChI=1S/C31H56.C27H50.C9H14N4O2.2C9H13N4O2.8CH4.4Ag.O/c1-14-15(2)19(6)29-23(10)26(22(9)28(29)18(14)5)13-27-24(11)30-20(7)16(3)17(4)21(8)31(30)25(27)12;1-15(2)19-16(3)22(25(6,7)8)17(4)20-21(19)24(27(12,13)14)18(5)23(20)26(9,10)11;3*1-10-5-11(2)7-6(10)8(14)13(4)9(15)12(7)3;;;;;;;;;;;;;/h14-31H,13H2,1-12H3;16-24H,1H2,2-14H3;5H2,1-4H3;2*5H,1-4H3;8*1H4;;;;;/q;;;2*-1;;;;;;;;;;;;;/t14-,15+,16-,17+,18-,19+,20-,21+,22+,23-,24+,25-,26?,27?,28+,29-,30+,31-;16-,17+,18-,19+,20-,21+,22-,23+,24-;;;;;;;;;;;;;;;;/m.0................/s1. The van der Waals surface area contributed by atoms with Gasteiger partial charge in [-0.05, 0) is 218 Å². The third-order valence-corrected chi connectivity index (χ3v) is 30.7. The number of rotatable bonds is 3. The van der Waals surface area contributed by atoms with Gasteiger partial charge in [0, 0.05) is 124 Å². The molecule has 6 saturated carbocycles. The van der Waals surface area contributed by atoms with Crippen LogP contribution in [0.5, 0.6) is 0 Å². The van der Waals surface area contributed by atoms with E-state index in [1.165, 1.54) is 46.8 Å². The summed E-state index contributed by atoms with van der Waals surface area (Å²) in [5, 5.41) is 0. The van der Waals surface area contributed by atoms with Gasteiger partial charge >= 0.3 is 41.4 Å². The summed E-state index contributed by atoms with van der Waals surface area (Å²) in [6, 6.07) is 0. The van der Waals surface area contributed by atoms with Crippen molar-refractivity contribution in [2.45, 2.75) is 239 Å². The van der Waals surface area contributed by atoms with Crippen molar-refractivity contribution in [2.75, 3.05) is 78.4 Å². The monoisotopic (exact) mass is 2000 g/mol. The van der Waals surface area contributed by atoms with E-state index in [0.29, 0.717) is 63.3 Å². The molecule has 698 valence electrons. The van der Waals surface area contributed by atoms with Crippen molar-refractivity contribution in [3.63, 3.8) is 0 Å². The molecule has 0 bridgehead atoms. The topological polar surface area (TPSA) is 169 Å². The third kappa shape index (κ3) is 21.5. The van der Waals surface area contributed by atoms with Gasteiger partial charge < -0.3 is 29.4 Å². The number of nitrogens with zero attached hydrogens (tertiary/aromatic N) is 12. The molecular formula is C93H178Ag4N12O7-2. The van der Waals surface area contributed by atoms with Gasteiger partial charge in [0.15, 0.2) is 0 Å². The van der Waals surface area contributed by atoms with Crippen LogP contribution in [0.15, 0.2) is 40.9 Å². The van der Waals surface area contributed by atoms with Crippen molar-refractivity contribution in [1.29, 1.82) is 0 Å². The van der Waals surface area contributed by atoms with Crippen LogP contribution in [0.4, 0.5) is 34.5 Å². The quantitative estimate of drug-likeness (QED) is 0.138. The van der Waals surface area contributed by atoms with Crippen LogP contribution in [0, 0.1) is 189 Å². The van der Waals surface area contributed by atoms with Crippen LogP contribution in [0.2, 0.25) is 0 Å². The SMILES string of the molecule is C.C.C.C.C.C.C.C.C=C(C)[C@@H]1[C@H](C)[C@H](C(C)(C)C)[C@H](C)[C@H]2[C@@H]1[C@@H](C(C)(C)C)[C@@H](C)[C@H]2C(C)(C)C.CN1CN(C)c2c1c(=O)n(C)c(=O)n2C.CN1[CH-]N(C)c2c1c(=O)n(C)c(=O)n2C.CN1[CH-]N(C)c2c1c(=O)n(C)c(=O)n2C.C[C@@H]1[C@H](C)[C@H](C)[C@H]2[C@@H]([C@@H]1C)[C@@H](C)C(CC1[C@@H](C)[C@H]3[C@@H](C)[C@@H](C)[C@@H](C)[C@@H](C)[C@H]3[C@H]1C)[C@H]2C.[Ag].[Ag].[Ag].[O]=[Ag]. The molecule has 3 aromatic rings. The second-order valence-corrected chi connectivity index (χ2v) is 39.3. The fourth-order valence-corrected chi connectivity index (χ4v) is 26.1. The molecule has 116 heavy (non-hydrogen) atoms. The van der Waals surface area contributed by atoms with Gasteiger partial charge in [-0.2, -0.15) is 13.3 Å². The normalized spacial score (nSPS) is 33.0. The second-order valence-electron chi connectivity index (χ2n) is 39.3. The van der Waals surface area contributed by atoms with Crippen molar-refractivity contribution >= 4 is 34.5 Å². The van der Waals surface area contributed by atoms with E-state index in [4.69, 9.17) is 3.25 Å².